The van der Waals surface area contributed by atoms with E-state index in [0.717, 1.165) is 35.8 Å². The molecule has 0 spiro atoms. The fraction of sp³-hybridized carbons (Fsp3) is 0.409. The van der Waals surface area contributed by atoms with Gasteiger partial charge in [-0.05, 0) is 49.2 Å². The van der Waals surface area contributed by atoms with Gasteiger partial charge in [0, 0.05) is 13.1 Å². The van der Waals surface area contributed by atoms with E-state index in [-0.39, 0.29) is 12.5 Å². The Kier molecular flexibility index (Phi) is 7.33. The van der Waals surface area contributed by atoms with Crippen molar-refractivity contribution in [2.24, 2.45) is 0 Å². The van der Waals surface area contributed by atoms with Crippen molar-refractivity contribution in [3.63, 3.8) is 0 Å². The van der Waals surface area contributed by atoms with Crippen LogP contribution < -0.4 is 14.4 Å². The van der Waals surface area contributed by atoms with Crippen LogP contribution in [-0.2, 0) is 27.9 Å². The molecule has 1 heterocycles. The van der Waals surface area contributed by atoms with Gasteiger partial charge >= 0.3 is 0 Å². The summed E-state index contributed by atoms with van der Waals surface area (Å²) in [5.41, 5.74) is 2.55. The maximum atomic E-state index is 12.5. The number of carbonyl (C=O) groups excluding carboxylic acids is 1. The van der Waals surface area contributed by atoms with Gasteiger partial charge in [0.1, 0.15) is 12.3 Å². The van der Waals surface area contributed by atoms with Gasteiger partial charge < -0.3 is 10.1 Å². The van der Waals surface area contributed by atoms with E-state index in [2.05, 4.69) is 22.3 Å². The highest BCUT2D eigenvalue weighted by atomic mass is 32.2. The Morgan fingerprint density at radius 1 is 1.10 bits per heavy atom. The molecule has 1 amide bonds. The minimum Gasteiger partial charge on any atom is -0.495 e. The topological polar surface area (TPSA) is 79.0 Å². The number of carbonyl (C=O) groups is 1. The third kappa shape index (κ3) is 5.96. The van der Waals surface area contributed by atoms with Crippen LogP contribution in [0, 0.1) is 0 Å². The number of hydrogen-bond acceptors (Lipinski definition) is 5. The Morgan fingerprint density at radius 2 is 1.80 bits per heavy atom. The van der Waals surface area contributed by atoms with Crippen molar-refractivity contribution in [3.05, 3.63) is 59.7 Å². The van der Waals surface area contributed by atoms with Gasteiger partial charge in [-0.2, -0.15) is 0 Å². The van der Waals surface area contributed by atoms with Crippen LogP contribution in [0.25, 0.3) is 0 Å². The molecule has 1 N–H and O–H groups in total. The smallest absolute Gasteiger partial charge is 0.241 e. The zero-order valence-electron chi connectivity index (χ0n) is 17.5. The van der Waals surface area contributed by atoms with Crippen molar-refractivity contribution in [2.75, 3.05) is 37.3 Å². The second-order valence-corrected chi connectivity index (χ2v) is 9.43. The van der Waals surface area contributed by atoms with Gasteiger partial charge in [0.05, 0.1) is 19.1 Å². The lowest BCUT2D eigenvalue weighted by Crippen LogP contribution is -2.40. The van der Waals surface area contributed by atoms with Gasteiger partial charge in [-0.15, -0.1) is 0 Å². The first-order chi connectivity index (χ1) is 14.4. The van der Waals surface area contributed by atoms with Crippen molar-refractivity contribution in [3.8, 4) is 5.75 Å². The SMILES string of the molecule is COc1ccccc1N(CC(=O)NCc1cccc(CN2CCCC2)c1)S(C)(=O)=O. The number of amides is 1. The van der Waals surface area contributed by atoms with Gasteiger partial charge in [-0.25, -0.2) is 8.42 Å². The van der Waals surface area contributed by atoms with Crippen LogP contribution in [0.3, 0.4) is 0 Å². The number of ether oxygens (including phenoxy) is 1. The average Bonchev–Trinajstić information content (AvgIpc) is 3.23. The summed E-state index contributed by atoms with van der Waals surface area (Å²) in [6.07, 6.45) is 3.58. The molecule has 0 aromatic heterocycles. The van der Waals surface area contributed by atoms with Gasteiger partial charge in [-0.3, -0.25) is 14.0 Å². The standard InChI is InChI=1S/C22H29N3O4S/c1-29-21-11-4-3-10-20(21)25(30(2,27)28)17-22(26)23-15-18-8-7-9-19(14-18)16-24-12-5-6-13-24/h3-4,7-11,14H,5-6,12-13,15-17H2,1-2H3,(H,23,26). The second-order valence-electron chi connectivity index (χ2n) is 7.52. The highest BCUT2D eigenvalue weighted by molar-refractivity contribution is 7.92. The van der Waals surface area contributed by atoms with Crippen LogP contribution in [-0.4, -0.2) is 52.2 Å². The molecule has 0 unspecified atom stereocenters. The van der Waals surface area contributed by atoms with Crippen LogP contribution >= 0.6 is 0 Å². The van der Waals surface area contributed by atoms with Gasteiger partial charge in [0.2, 0.25) is 15.9 Å². The number of anilines is 1. The molecule has 2 aromatic carbocycles. The van der Waals surface area contributed by atoms with E-state index in [4.69, 9.17) is 4.74 Å². The Balaban J connectivity index is 1.63. The Morgan fingerprint density at radius 3 is 2.50 bits per heavy atom. The molecular weight excluding hydrogens is 402 g/mol. The van der Waals surface area contributed by atoms with Crippen LogP contribution in [0.2, 0.25) is 0 Å². The Labute approximate surface area is 178 Å². The van der Waals surface area contributed by atoms with Crippen molar-refractivity contribution in [1.29, 1.82) is 0 Å². The fourth-order valence-electron chi connectivity index (χ4n) is 3.64. The Bertz CT molecular complexity index is 972. The number of methoxy groups -OCH3 is 1. The van der Waals surface area contributed by atoms with E-state index in [1.165, 1.54) is 25.5 Å². The van der Waals surface area contributed by atoms with Crippen LogP contribution in [0.5, 0.6) is 5.75 Å². The maximum absolute atomic E-state index is 12.5. The minimum atomic E-state index is -3.66. The molecule has 1 saturated heterocycles. The van der Waals surface area contributed by atoms with E-state index < -0.39 is 10.0 Å². The highest BCUT2D eigenvalue weighted by Crippen LogP contribution is 2.29. The first-order valence-corrected chi connectivity index (χ1v) is 11.9. The number of sulfonamides is 1. The summed E-state index contributed by atoms with van der Waals surface area (Å²) in [4.78, 5) is 15.0. The number of benzene rings is 2. The van der Waals surface area contributed by atoms with Crippen LogP contribution in [0.4, 0.5) is 5.69 Å². The molecule has 1 aliphatic heterocycles. The van der Waals surface area contributed by atoms with E-state index in [0.29, 0.717) is 18.0 Å². The molecule has 0 radical (unpaired) electrons. The van der Waals surface area contributed by atoms with Crippen molar-refractivity contribution < 1.29 is 17.9 Å². The normalized spacial score (nSPS) is 14.5. The van der Waals surface area contributed by atoms with E-state index in [9.17, 15) is 13.2 Å². The molecule has 3 rings (SSSR count). The van der Waals surface area contributed by atoms with Crippen LogP contribution in [0.1, 0.15) is 24.0 Å². The summed E-state index contributed by atoms with van der Waals surface area (Å²) in [7, 11) is -2.19. The third-order valence-electron chi connectivity index (χ3n) is 5.13. The zero-order chi connectivity index (χ0) is 21.6. The van der Waals surface area contributed by atoms with Crippen molar-refractivity contribution in [1.82, 2.24) is 10.2 Å². The predicted molar refractivity (Wildman–Crippen MR) is 118 cm³/mol. The van der Waals surface area contributed by atoms with Gasteiger partial charge in [-0.1, -0.05) is 36.4 Å². The summed E-state index contributed by atoms with van der Waals surface area (Å²) in [5.74, 6) is 0.0154. The molecule has 0 saturated carbocycles. The molecule has 1 aliphatic rings. The average molecular weight is 432 g/mol. The molecule has 30 heavy (non-hydrogen) atoms. The molecule has 162 valence electrons. The summed E-state index contributed by atoms with van der Waals surface area (Å²) < 4.78 is 30.9. The molecule has 8 heteroatoms. The van der Waals surface area contributed by atoms with Crippen molar-refractivity contribution in [2.45, 2.75) is 25.9 Å². The number of para-hydroxylation sites is 2. The maximum Gasteiger partial charge on any atom is 0.241 e. The van der Waals surface area contributed by atoms with Crippen LogP contribution in [0.15, 0.2) is 48.5 Å². The quantitative estimate of drug-likeness (QED) is 0.660. The van der Waals surface area contributed by atoms with Gasteiger partial charge in [0.25, 0.3) is 0 Å². The van der Waals surface area contributed by atoms with Crippen molar-refractivity contribution >= 4 is 21.6 Å². The number of likely N-dealkylation sites (tertiary alicyclic amines) is 1. The lowest BCUT2D eigenvalue weighted by atomic mass is 10.1. The first kappa shape index (κ1) is 22.1. The lowest BCUT2D eigenvalue weighted by Gasteiger charge is -2.23. The number of rotatable bonds is 9. The Hall–Kier alpha value is -2.58. The zero-order valence-corrected chi connectivity index (χ0v) is 18.3. The van der Waals surface area contributed by atoms with E-state index in [1.807, 2.05) is 12.1 Å². The summed E-state index contributed by atoms with van der Waals surface area (Å²) in [6.45, 7) is 3.21. The van der Waals surface area contributed by atoms with E-state index >= 15 is 0 Å². The molecule has 0 bridgehead atoms. The monoisotopic (exact) mass is 431 g/mol. The minimum absolute atomic E-state index is 0.313. The number of nitrogens with zero attached hydrogens (tertiary/aromatic N) is 2. The second kappa shape index (κ2) is 9.95. The highest BCUT2D eigenvalue weighted by Gasteiger charge is 2.23. The molecule has 1 fully saturated rings. The molecule has 0 aliphatic carbocycles. The molecular formula is C22H29N3O4S. The number of hydrogen-bond donors (Lipinski definition) is 1. The first-order valence-electron chi connectivity index (χ1n) is 10.0. The number of nitrogens with one attached hydrogen (secondary N) is 1. The summed E-state index contributed by atoms with van der Waals surface area (Å²) >= 11 is 0. The largest absolute Gasteiger partial charge is 0.495 e. The lowest BCUT2D eigenvalue weighted by molar-refractivity contribution is -0.119. The fourth-order valence-corrected chi connectivity index (χ4v) is 4.50. The molecule has 7 nitrogen and oxygen atoms in total. The predicted octanol–water partition coefficient (Wildman–Crippen LogP) is 2.37. The summed E-state index contributed by atoms with van der Waals surface area (Å²) in [5, 5.41) is 2.83. The molecule has 0 atom stereocenters. The van der Waals surface area contributed by atoms with E-state index in [1.54, 1.807) is 24.3 Å². The molecule has 2 aromatic rings. The van der Waals surface area contributed by atoms with Gasteiger partial charge in [0.15, 0.2) is 0 Å². The summed E-state index contributed by atoms with van der Waals surface area (Å²) in [6, 6.07) is 14.9. The third-order valence-corrected chi connectivity index (χ3v) is 6.25.